The molecule has 2 N–H and O–H groups in total. The summed E-state index contributed by atoms with van der Waals surface area (Å²) < 4.78 is 37.7. The van der Waals surface area contributed by atoms with Crippen LogP contribution in [0, 0.1) is 5.92 Å². The summed E-state index contributed by atoms with van der Waals surface area (Å²) in [6.07, 6.45) is 0.590. The zero-order chi connectivity index (χ0) is 23.7. The lowest BCUT2D eigenvalue weighted by Crippen LogP contribution is -2.46. The highest BCUT2D eigenvalue weighted by Gasteiger charge is 2.30. The van der Waals surface area contributed by atoms with E-state index in [4.69, 9.17) is 21.1 Å². The van der Waals surface area contributed by atoms with Crippen LogP contribution >= 0.6 is 11.6 Å². The third-order valence-electron chi connectivity index (χ3n) is 4.57. The van der Waals surface area contributed by atoms with Gasteiger partial charge in [0.05, 0.1) is 12.0 Å². The Balaban J connectivity index is 1.87. The maximum Gasteiger partial charge on any atom is 0.324 e. The highest BCUT2D eigenvalue weighted by molar-refractivity contribution is 7.89. The Kier molecular flexibility index (Phi) is 9.49. The maximum absolute atomic E-state index is 12.6. The predicted octanol–water partition coefficient (Wildman–Crippen LogP) is 2.55. The summed E-state index contributed by atoms with van der Waals surface area (Å²) in [6, 6.07) is 11.9. The lowest BCUT2D eigenvalue weighted by Gasteiger charge is -2.20. The predicted molar refractivity (Wildman–Crippen MR) is 121 cm³/mol. The third-order valence-corrected chi connectivity index (χ3v) is 6.28. The lowest BCUT2D eigenvalue weighted by atomic mass is 10.1. The van der Waals surface area contributed by atoms with Crippen LogP contribution < -0.4 is 14.8 Å². The number of rotatable bonds is 11. The monoisotopic (exact) mass is 482 g/mol. The van der Waals surface area contributed by atoms with Crippen LogP contribution in [0.5, 0.6) is 5.75 Å². The van der Waals surface area contributed by atoms with Gasteiger partial charge in [-0.05, 0) is 54.3 Å². The first-order valence-electron chi connectivity index (χ1n) is 9.96. The van der Waals surface area contributed by atoms with E-state index in [0.29, 0.717) is 23.7 Å². The van der Waals surface area contributed by atoms with Gasteiger partial charge in [-0.1, -0.05) is 37.6 Å². The fourth-order valence-electron chi connectivity index (χ4n) is 2.72. The van der Waals surface area contributed by atoms with Crippen molar-refractivity contribution in [1.82, 2.24) is 10.0 Å². The number of hydrogen-bond acceptors (Lipinski definition) is 6. The minimum Gasteiger partial charge on any atom is -0.497 e. The van der Waals surface area contributed by atoms with Crippen molar-refractivity contribution in [3.63, 3.8) is 0 Å². The minimum absolute atomic E-state index is 0.0170. The molecule has 2 aromatic rings. The molecule has 0 unspecified atom stereocenters. The van der Waals surface area contributed by atoms with Crippen LogP contribution in [-0.4, -0.2) is 46.6 Å². The number of esters is 1. The first kappa shape index (κ1) is 25.6. The number of ether oxygens (including phenoxy) is 2. The summed E-state index contributed by atoms with van der Waals surface area (Å²) in [6.45, 7) is 3.20. The molecule has 0 fully saturated rings. The summed E-state index contributed by atoms with van der Waals surface area (Å²) in [5.41, 5.74) is 1.000. The van der Waals surface area contributed by atoms with Gasteiger partial charge in [0.2, 0.25) is 10.0 Å². The topological polar surface area (TPSA) is 111 Å². The summed E-state index contributed by atoms with van der Waals surface area (Å²) in [7, 11) is -2.50. The molecule has 174 valence electrons. The molecule has 0 saturated carbocycles. The SMILES string of the molecule is COc1ccc(S(=O)(=O)N[C@H](C(=O)OCC(=O)NCCc2ccc(Cl)cc2)C(C)C)cc1. The molecule has 10 heteroatoms. The van der Waals surface area contributed by atoms with Crippen molar-refractivity contribution in [1.29, 1.82) is 0 Å². The normalized spacial score (nSPS) is 12.3. The third kappa shape index (κ3) is 7.81. The zero-order valence-electron chi connectivity index (χ0n) is 18.1. The van der Waals surface area contributed by atoms with E-state index in [0.717, 1.165) is 5.56 Å². The Labute approximate surface area is 193 Å². The highest BCUT2D eigenvalue weighted by Crippen LogP contribution is 2.17. The molecule has 0 aliphatic heterocycles. The summed E-state index contributed by atoms with van der Waals surface area (Å²) in [4.78, 5) is 24.4. The van der Waals surface area contributed by atoms with E-state index in [2.05, 4.69) is 10.0 Å². The van der Waals surface area contributed by atoms with Crippen LogP contribution in [0.4, 0.5) is 0 Å². The molecule has 8 nitrogen and oxygen atoms in total. The molecule has 0 radical (unpaired) electrons. The number of nitrogens with one attached hydrogen (secondary N) is 2. The Morgan fingerprint density at radius 1 is 1.03 bits per heavy atom. The van der Waals surface area contributed by atoms with Gasteiger partial charge >= 0.3 is 5.97 Å². The lowest BCUT2D eigenvalue weighted by molar-refractivity contribution is -0.151. The second-order valence-corrected chi connectivity index (χ2v) is 9.50. The quantitative estimate of drug-likeness (QED) is 0.476. The number of halogens is 1. The summed E-state index contributed by atoms with van der Waals surface area (Å²) in [5, 5.41) is 3.29. The number of hydrogen-bond donors (Lipinski definition) is 2. The molecule has 0 heterocycles. The second kappa shape index (κ2) is 11.8. The average molecular weight is 483 g/mol. The van der Waals surface area contributed by atoms with E-state index < -0.39 is 40.5 Å². The smallest absolute Gasteiger partial charge is 0.324 e. The largest absolute Gasteiger partial charge is 0.497 e. The van der Waals surface area contributed by atoms with Crippen LogP contribution in [0.15, 0.2) is 53.4 Å². The van der Waals surface area contributed by atoms with E-state index in [1.165, 1.54) is 31.4 Å². The second-order valence-electron chi connectivity index (χ2n) is 7.35. The molecule has 0 aromatic heterocycles. The van der Waals surface area contributed by atoms with Gasteiger partial charge in [-0.25, -0.2) is 8.42 Å². The number of methoxy groups -OCH3 is 1. The standard InChI is InChI=1S/C22H27ClN2O6S/c1-15(2)21(25-32(28,29)19-10-8-18(30-3)9-11-19)22(27)31-14-20(26)24-13-12-16-4-6-17(23)7-5-16/h4-11,15,21,25H,12-14H2,1-3H3,(H,24,26)/t21-/m0/s1. The number of carbonyl (C=O) groups excluding carboxylic acids is 2. The molecular weight excluding hydrogens is 456 g/mol. The first-order chi connectivity index (χ1) is 15.1. The molecule has 0 spiro atoms. The fourth-order valence-corrected chi connectivity index (χ4v) is 4.18. The molecule has 2 rings (SSSR count). The van der Waals surface area contributed by atoms with Crippen LogP contribution in [0.25, 0.3) is 0 Å². The van der Waals surface area contributed by atoms with Gasteiger partial charge in [0.25, 0.3) is 5.91 Å². The van der Waals surface area contributed by atoms with Gasteiger partial charge in [-0.15, -0.1) is 0 Å². The molecule has 0 aliphatic rings. The van der Waals surface area contributed by atoms with Crippen LogP contribution in [0.2, 0.25) is 5.02 Å². The molecule has 1 atom stereocenters. The van der Waals surface area contributed by atoms with Gasteiger partial charge in [-0.3, -0.25) is 9.59 Å². The number of carbonyl (C=O) groups is 2. The summed E-state index contributed by atoms with van der Waals surface area (Å²) in [5.74, 6) is -1.20. The number of benzene rings is 2. The minimum atomic E-state index is -3.98. The van der Waals surface area contributed by atoms with E-state index in [1.807, 2.05) is 12.1 Å². The van der Waals surface area contributed by atoms with E-state index in [1.54, 1.807) is 26.0 Å². The molecular formula is C22H27ClN2O6S. The van der Waals surface area contributed by atoms with Crippen LogP contribution in [0.3, 0.4) is 0 Å². The fraction of sp³-hybridized carbons (Fsp3) is 0.364. The summed E-state index contributed by atoms with van der Waals surface area (Å²) >= 11 is 5.84. The molecule has 0 saturated heterocycles. The van der Waals surface area contributed by atoms with Gasteiger partial charge in [-0.2, -0.15) is 4.72 Å². The Morgan fingerprint density at radius 3 is 2.22 bits per heavy atom. The Morgan fingerprint density at radius 2 is 1.66 bits per heavy atom. The van der Waals surface area contributed by atoms with Gasteiger partial charge in [0, 0.05) is 11.6 Å². The van der Waals surface area contributed by atoms with Crippen molar-refractivity contribution in [2.75, 3.05) is 20.3 Å². The number of amides is 1. The van der Waals surface area contributed by atoms with Crippen molar-refractivity contribution < 1.29 is 27.5 Å². The van der Waals surface area contributed by atoms with Crippen molar-refractivity contribution in [3.8, 4) is 5.75 Å². The average Bonchev–Trinajstić information content (AvgIpc) is 2.77. The molecule has 32 heavy (non-hydrogen) atoms. The molecule has 0 aliphatic carbocycles. The van der Waals surface area contributed by atoms with Crippen molar-refractivity contribution in [2.24, 2.45) is 5.92 Å². The van der Waals surface area contributed by atoms with E-state index in [-0.39, 0.29) is 4.90 Å². The first-order valence-corrected chi connectivity index (χ1v) is 11.8. The van der Waals surface area contributed by atoms with Gasteiger partial charge in [0.15, 0.2) is 6.61 Å². The maximum atomic E-state index is 12.6. The highest BCUT2D eigenvalue weighted by atomic mass is 35.5. The molecule has 2 aromatic carbocycles. The molecule has 0 bridgehead atoms. The van der Waals surface area contributed by atoms with Crippen molar-refractivity contribution in [3.05, 3.63) is 59.1 Å². The van der Waals surface area contributed by atoms with Crippen molar-refractivity contribution in [2.45, 2.75) is 31.2 Å². The zero-order valence-corrected chi connectivity index (χ0v) is 19.7. The van der Waals surface area contributed by atoms with Crippen molar-refractivity contribution >= 4 is 33.5 Å². The van der Waals surface area contributed by atoms with Gasteiger partial charge < -0.3 is 14.8 Å². The van der Waals surface area contributed by atoms with Crippen LogP contribution in [-0.2, 0) is 30.8 Å². The number of sulfonamides is 1. The van der Waals surface area contributed by atoms with E-state index in [9.17, 15) is 18.0 Å². The van der Waals surface area contributed by atoms with Crippen LogP contribution in [0.1, 0.15) is 19.4 Å². The molecule has 1 amide bonds. The van der Waals surface area contributed by atoms with Gasteiger partial charge in [0.1, 0.15) is 11.8 Å². The Hall–Kier alpha value is -2.62. The van der Waals surface area contributed by atoms with E-state index >= 15 is 0 Å². The Bertz CT molecular complexity index is 1010.